The Morgan fingerprint density at radius 2 is 1.77 bits per heavy atom. The largest absolute Gasteiger partial charge is 0.325 e. The molecule has 2 aromatic rings. The molecule has 2 aromatic carbocycles. The molecule has 1 amide bonds. The van der Waals surface area contributed by atoms with Gasteiger partial charge in [0.2, 0.25) is 5.91 Å². The molecule has 0 aliphatic carbocycles. The lowest BCUT2D eigenvalue weighted by molar-refractivity contribution is -0.113. The van der Waals surface area contributed by atoms with Crippen molar-refractivity contribution in [3.63, 3.8) is 0 Å². The van der Waals surface area contributed by atoms with E-state index in [9.17, 15) is 9.00 Å². The summed E-state index contributed by atoms with van der Waals surface area (Å²) in [6, 6.07) is 17.3. The van der Waals surface area contributed by atoms with Gasteiger partial charge in [0.25, 0.3) is 0 Å². The predicted octanol–water partition coefficient (Wildman–Crippen LogP) is 3.40. The van der Waals surface area contributed by atoms with E-state index in [-0.39, 0.29) is 11.7 Å². The summed E-state index contributed by atoms with van der Waals surface area (Å²) in [5, 5.41) is 2.75. The van der Waals surface area contributed by atoms with Crippen molar-refractivity contribution in [2.24, 2.45) is 0 Å². The van der Waals surface area contributed by atoms with Crippen LogP contribution in [0.4, 0.5) is 5.69 Å². The maximum Gasteiger partial charge on any atom is 0.237 e. The van der Waals surface area contributed by atoms with Gasteiger partial charge in [0.1, 0.15) is 5.75 Å². The van der Waals surface area contributed by atoms with E-state index in [1.54, 1.807) is 0 Å². The molecule has 4 heteroatoms. The topological polar surface area (TPSA) is 46.2 Å². The highest BCUT2D eigenvalue weighted by Gasteiger charge is 2.07. The molecular weight excluding hydrogens is 294 g/mol. The molecule has 22 heavy (non-hydrogen) atoms. The second-order valence-electron chi connectivity index (χ2n) is 4.98. The number of amides is 1. The van der Waals surface area contributed by atoms with E-state index in [4.69, 9.17) is 0 Å². The molecule has 0 spiro atoms. The first-order valence-corrected chi connectivity index (χ1v) is 8.55. The molecule has 0 heterocycles. The van der Waals surface area contributed by atoms with Crippen LogP contribution in [0.3, 0.4) is 0 Å². The van der Waals surface area contributed by atoms with Crippen molar-refractivity contribution in [1.82, 2.24) is 0 Å². The number of carbonyl (C=O) groups is 1. The molecule has 0 saturated heterocycles. The van der Waals surface area contributed by atoms with Crippen molar-refractivity contribution < 1.29 is 9.00 Å². The Kier molecular flexibility index (Phi) is 6.10. The second kappa shape index (κ2) is 8.29. The van der Waals surface area contributed by atoms with Gasteiger partial charge < -0.3 is 5.32 Å². The maximum atomic E-state index is 11.9. The van der Waals surface area contributed by atoms with E-state index >= 15 is 0 Å². The Bertz CT molecular complexity index is 663. The standard InChI is InChI=1S/C18H19NO2S/c1-15-9-11-17(12-10-15)19-18(20)14-22(21)13-5-8-16-6-3-2-4-7-16/h2-12H,13-14H2,1H3,(H,19,20)/b8-5-/t22-/m1/s1. The van der Waals surface area contributed by atoms with Crippen molar-refractivity contribution in [2.45, 2.75) is 6.92 Å². The summed E-state index contributed by atoms with van der Waals surface area (Å²) in [5.41, 5.74) is 2.92. The SMILES string of the molecule is Cc1ccc(NC(=O)C[S@](=O)C/C=C\c2ccccc2)cc1. The minimum absolute atomic E-state index is 0.00695. The fraction of sp³-hybridized carbons (Fsp3) is 0.167. The van der Waals surface area contributed by atoms with Crippen molar-refractivity contribution >= 4 is 28.5 Å². The van der Waals surface area contributed by atoms with E-state index in [0.29, 0.717) is 5.75 Å². The molecular formula is C18H19NO2S. The molecule has 2 rings (SSSR count). The average Bonchev–Trinajstić information content (AvgIpc) is 2.50. The minimum Gasteiger partial charge on any atom is -0.325 e. The molecule has 114 valence electrons. The van der Waals surface area contributed by atoms with Crippen LogP contribution in [0.5, 0.6) is 0 Å². The Morgan fingerprint density at radius 3 is 2.45 bits per heavy atom. The Balaban J connectivity index is 1.78. The molecule has 0 unspecified atom stereocenters. The molecule has 1 atom stereocenters. The van der Waals surface area contributed by atoms with Crippen LogP contribution in [0, 0.1) is 6.92 Å². The first-order chi connectivity index (χ1) is 10.6. The van der Waals surface area contributed by atoms with Gasteiger partial charge in [-0.1, -0.05) is 60.2 Å². The molecule has 0 saturated carbocycles. The zero-order valence-electron chi connectivity index (χ0n) is 12.5. The third-order valence-corrected chi connectivity index (χ3v) is 4.17. The number of anilines is 1. The Morgan fingerprint density at radius 1 is 1.09 bits per heavy atom. The molecule has 3 nitrogen and oxygen atoms in total. The summed E-state index contributed by atoms with van der Waals surface area (Å²) in [5.74, 6) is 0.152. The number of hydrogen-bond donors (Lipinski definition) is 1. The highest BCUT2D eigenvalue weighted by atomic mass is 32.2. The monoisotopic (exact) mass is 313 g/mol. The second-order valence-corrected chi connectivity index (χ2v) is 6.48. The van der Waals surface area contributed by atoms with Crippen LogP contribution < -0.4 is 5.32 Å². The van der Waals surface area contributed by atoms with Crippen molar-refractivity contribution in [3.05, 3.63) is 71.8 Å². The first kappa shape index (κ1) is 16.2. The van der Waals surface area contributed by atoms with Crippen LogP contribution in [0.2, 0.25) is 0 Å². The van der Waals surface area contributed by atoms with Crippen LogP contribution in [0.1, 0.15) is 11.1 Å². The maximum absolute atomic E-state index is 11.9. The fourth-order valence-electron chi connectivity index (χ4n) is 1.89. The van der Waals surface area contributed by atoms with Crippen LogP contribution in [-0.2, 0) is 15.6 Å². The third-order valence-electron chi connectivity index (χ3n) is 3.02. The molecule has 0 aliphatic rings. The van der Waals surface area contributed by atoms with Gasteiger partial charge in [-0.2, -0.15) is 0 Å². The summed E-state index contributed by atoms with van der Waals surface area (Å²) >= 11 is 0. The van der Waals surface area contributed by atoms with Gasteiger partial charge in [0, 0.05) is 22.2 Å². The van der Waals surface area contributed by atoms with E-state index in [0.717, 1.165) is 16.8 Å². The highest BCUT2D eigenvalue weighted by molar-refractivity contribution is 7.85. The van der Waals surface area contributed by atoms with Gasteiger partial charge in [-0.3, -0.25) is 9.00 Å². The number of hydrogen-bond acceptors (Lipinski definition) is 2. The number of benzene rings is 2. The number of nitrogens with one attached hydrogen (secondary N) is 1. The van der Waals surface area contributed by atoms with Crippen LogP contribution >= 0.6 is 0 Å². The highest BCUT2D eigenvalue weighted by Crippen LogP contribution is 2.08. The zero-order chi connectivity index (χ0) is 15.8. The Labute approximate surface area is 133 Å². The molecule has 0 fully saturated rings. The quantitative estimate of drug-likeness (QED) is 0.888. The van der Waals surface area contributed by atoms with E-state index < -0.39 is 10.8 Å². The van der Waals surface area contributed by atoms with E-state index in [2.05, 4.69) is 5.32 Å². The van der Waals surface area contributed by atoms with Gasteiger partial charge in [-0.05, 0) is 24.6 Å². The predicted molar refractivity (Wildman–Crippen MR) is 93.2 cm³/mol. The van der Waals surface area contributed by atoms with E-state index in [1.807, 2.05) is 73.7 Å². The third kappa shape index (κ3) is 5.66. The van der Waals surface area contributed by atoms with Crippen molar-refractivity contribution in [2.75, 3.05) is 16.8 Å². The molecule has 1 N–H and O–H groups in total. The van der Waals surface area contributed by atoms with Crippen LogP contribution in [0.15, 0.2) is 60.7 Å². The average molecular weight is 313 g/mol. The summed E-state index contributed by atoms with van der Waals surface area (Å²) in [7, 11) is -1.20. The van der Waals surface area contributed by atoms with Crippen LogP contribution in [0.25, 0.3) is 6.08 Å². The zero-order valence-corrected chi connectivity index (χ0v) is 13.3. The lowest BCUT2D eigenvalue weighted by Crippen LogP contribution is -2.20. The summed E-state index contributed by atoms with van der Waals surface area (Å²) < 4.78 is 11.9. The molecule has 0 aliphatic heterocycles. The fourth-order valence-corrected chi connectivity index (χ4v) is 2.69. The summed E-state index contributed by atoms with van der Waals surface area (Å²) in [6.07, 6.45) is 3.75. The summed E-state index contributed by atoms with van der Waals surface area (Å²) in [6.45, 7) is 1.99. The van der Waals surface area contributed by atoms with Crippen molar-refractivity contribution in [1.29, 1.82) is 0 Å². The Hall–Kier alpha value is -2.20. The molecule has 0 aromatic heterocycles. The summed E-state index contributed by atoms with van der Waals surface area (Å²) in [4.78, 5) is 11.8. The van der Waals surface area contributed by atoms with Gasteiger partial charge in [-0.25, -0.2) is 0 Å². The van der Waals surface area contributed by atoms with Gasteiger partial charge in [0.05, 0.1) is 0 Å². The number of carbonyl (C=O) groups excluding carboxylic acids is 1. The van der Waals surface area contributed by atoms with Gasteiger partial charge in [0.15, 0.2) is 0 Å². The van der Waals surface area contributed by atoms with Crippen molar-refractivity contribution in [3.8, 4) is 0 Å². The number of rotatable bonds is 6. The normalized spacial score (nSPS) is 12.2. The van der Waals surface area contributed by atoms with Gasteiger partial charge in [-0.15, -0.1) is 0 Å². The smallest absolute Gasteiger partial charge is 0.237 e. The molecule has 0 bridgehead atoms. The van der Waals surface area contributed by atoms with Crippen LogP contribution in [-0.4, -0.2) is 21.6 Å². The minimum atomic E-state index is -1.20. The van der Waals surface area contributed by atoms with E-state index in [1.165, 1.54) is 0 Å². The number of aryl methyl sites for hydroxylation is 1. The lowest BCUT2D eigenvalue weighted by Gasteiger charge is -2.04. The molecule has 0 radical (unpaired) electrons. The first-order valence-electron chi connectivity index (χ1n) is 7.06. The lowest BCUT2D eigenvalue weighted by atomic mass is 10.2. The van der Waals surface area contributed by atoms with Gasteiger partial charge >= 0.3 is 0 Å².